The minimum absolute atomic E-state index is 0.575. The van der Waals surface area contributed by atoms with E-state index >= 15 is 0 Å². The minimum Gasteiger partial charge on any atom is -0.360 e. The molecule has 0 aliphatic rings. The Labute approximate surface area is 188 Å². The summed E-state index contributed by atoms with van der Waals surface area (Å²) in [4.78, 5) is 8.10. The highest BCUT2D eigenvalue weighted by molar-refractivity contribution is 6.35. The third kappa shape index (κ3) is 3.50. The molecule has 5 rings (SSSR count). The summed E-state index contributed by atoms with van der Waals surface area (Å²) < 4.78 is 2.12. The van der Waals surface area contributed by atoms with E-state index in [9.17, 15) is 0 Å². The summed E-state index contributed by atoms with van der Waals surface area (Å²) in [7, 11) is 0. The van der Waals surface area contributed by atoms with E-state index in [-0.39, 0.29) is 0 Å². The van der Waals surface area contributed by atoms with Crippen LogP contribution >= 0.6 is 34.8 Å². The Kier molecular flexibility index (Phi) is 5.03. The van der Waals surface area contributed by atoms with Gasteiger partial charge in [-0.25, -0.2) is 4.98 Å². The normalized spacial score (nSPS) is 11.3. The van der Waals surface area contributed by atoms with E-state index in [1.807, 2.05) is 61.1 Å². The molecule has 2 heterocycles. The quantitative estimate of drug-likeness (QED) is 0.298. The lowest BCUT2D eigenvalue weighted by Gasteiger charge is -2.12. The molecule has 0 amide bonds. The van der Waals surface area contributed by atoms with Crippen molar-refractivity contribution in [2.24, 2.45) is 0 Å². The number of benzene rings is 3. The Morgan fingerprint density at radius 2 is 1.63 bits per heavy atom. The number of aromatic nitrogens is 3. The molecule has 148 valence electrons. The smallest absolute Gasteiger partial charge is 0.0964 e. The van der Waals surface area contributed by atoms with E-state index in [4.69, 9.17) is 39.8 Å². The van der Waals surface area contributed by atoms with E-state index in [0.717, 1.165) is 39.0 Å². The van der Waals surface area contributed by atoms with Gasteiger partial charge in [-0.3, -0.25) is 0 Å². The number of nitrogens with one attached hydrogen (secondary N) is 1. The van der Waals surface area contributed by atoms with Crippen LogP contribution in [0.2, 0.25) is 15.1 Å². The number of nitrogens with zero attached hydrogens (tertiary/aromatic N) is 2. The molecule has 0 spiro atoms. The van der Waals surface area contributed by atoms with Crippen molar-refractivity contribution in [3.05, 3.63) is 99.9 Å². The zero-order chi connectivity index (χ0) is 20.7. The highest BCUT2D eigenvalue weighted by Crippen LogP contribution is 2.37. The molecule has 0 aliphatic heterocycles. The number of H-pyrrole nitrogens is 1. The van der Waals surface area contributed by atoms with Gasteiger partial charge in [0.15, 0.2) is 0 Å². The van der Waals surface area contributed by atoms with Crippen molar-refractivity contribution in [1.82, 2.24) is 14.5 Å². The van der Waals surface area contributed by atoms with Crippen LogP contribution in [0.25, 0.3) is 33.4 Å². The molecular weight excluding hydrogens is 437 g/mol. The number of imidazole rings is 1. The SMILES string of the molecule is Clc1ccc(Cn2cnc(-c3ccccc3)c2-c2c[nH]c3cc(Cl)ccc23)c(Cl)c1. The minimum atomic E-state index is 0.575. The third-order valence-electron chi connectivity index (χ3n) is 5.14. The second kappa shape index (κ2) is 7.84. The number of fused-ring (bicyclic) bond motifs is 1. The Morgan fingerprint density at radius 1 is 0.867 bits per heavy atom. The van der Waals surface area contributed by atoms with E-state index < -0.39 is 0 Å². The highest BCUT2D eigenvalue weighted by Gasteiger charge is 2.19. The summed E-state index contributed by atoms with van der Waals surface area (Å²) in [6.07, 6.45) is 3.86. The van der Waals surface area contributed by atoms with Crippen molar-refractivity contribution >= 4 is 45.7 Å². The Bertz CT molecular complexity index is 1350. The molecule has 2 aromatic heterocycles. The predicted octanol–water partition coefficient (Wildman–Crippen LogP) is 7.71. The van der Waals surface area contributed by atoms with Crippen molar-refractivity contribution in [2.75, 3.05) is 0 Å². The molecular formula is C24H16Cl3N3. The fourth-order valence-electron chi connectivity index (χ4n) is 3.72. The van der Waals surface area contributed by atoms with Crippen LogP contribution in [-0.2, 0) is 6.54 Å². The molecule has 0 fully saturated rings. The maximum atomic E-state index is 6.45. The molecule has 0 saturated heterocycles. The Morgan fingerprint density at radius 3 is 2.43 bits per heavy atom. The molecule has 3 nitrogen and oxygen atoms in total. The van der Waals surface area contributed by atoms with E-state index in [1.165, 1.54) is 0 Å². The molecule has 1 N–H and O–H groups in total. The molecule has 30 heavy (non-hydrogen) atoms. The molecule has 0 atom stereocenters. The van der Waals surface area contributed by atoms with Crippen LogP contribution in [0.3, 0.4) is 0 Å². The third-order valence-corrected chi connectivity index (χ3v) is 5.96. The number of hydrogen-bond acceptors (Lipinski definition) is 1. The lowest BCUT2D eigenvalue weighted by Crippen LogP contribution is -2.01. The standard InChI is InChI=1S/C24H16Cl3N3/c25-17-7-6-16(21(27)10-17)13-30-14-29-23(15-4-2-1-3-5-15)24(30)20-12-28-22-11-18(26)8-9-19(20)22/h1-12,14,28H,13H2. The zero-order valence-corrected chi connectivity index (χ0v) is 18.0. The molecule has 0 unspecified atom stereocenters. The summed E-state index contributed by atoms with van der Waals surface area (Å²) in [5.41, 5.74) is 5.99. The average molecular weight is 453 g/mol. The van der Waals surface area contributed by atoms with Crippen molar-refractivity contribution in [3.63, 3.8) is 0 Å². The second-order valence-electron chi connectivity index (χ2n) is 7.06. The topological polar surface area (TPSA) is 33.6 Å². The summed E-state index contributed by atoms with van der Waals surface area (Å²) in [5, 5.41) is 3.03. The van der Waals surface area contributed by atoms with Gasteiger partial charge < -0.3 is 9.55 Å². The van der Waals surface area contributed by atoms with Crippen LogP contribution in [0.4, 0.5) is 0 Å². The largest absolute Gasteiger partial charge is 0.360 e. The molecule has 0 bridgehead atoms. The van der Waals surface area contributed by atoms with Gasteiger partial charge in [0, 0.05) is 43.3 Å². The van der Waals surface area contributed by atoms with Crippen molar-refractivity contribution in [3.8, 4) is 22.5 Å². The number of halogens is 3. The fourth-order valence-corrected chi connectivity index (χ4v) is 4.36. The lowest BCUT2D eigenvalue weighted by atomic mass is 10.0. The van der Waals surface area contributed by atoms with Crippen molar-refractivity contribution in [1.29, 1.82) is 0 Å². The first-order valence-electron chi connectivity index (χ1n) is 9.41. The van der Waals surface area contributed by atoms with Crippen LogP contribution in [0.1, 0.15) is 5.56 Å². The maximum Gasteiger partial charge on any atom is 0.0964 e. The van der Waals surface area contributed by atoms with Crippen LogP contribution in [0.15, 0.2) is 79.3 Å². The van der Waals surface area contributed by atoms with Gasteiger partial charge in [-0.2, -0.15) is 0 Å². The molecule has 3 aromatic carbocycles. The van der Waals surface area contributed by atoms with Gasteiger partial charge in [-0.15, -0.1) is 0 Å². The molecule has 0 aliphatic carbocycles. The predicted molar refractivity (Wildman–Crippen MR) is 126 cm³/mol. The first-order chi connectivity index (χ1) is 14.6. The van der Waals surface area contributed by atoms with Gasteiger partial charge in [0.1, 0.15) is 0 Å². The summed E-state index contributed by atoms with van der Waals surface area (Å²) in [6.45, 7) is 0.575. The second-order valence-corrected chi connectivity index (χ2v) is 8.34. The van der Waals surface area contributed by atoms with Gasteiger partial charge in [-0.05, 0) is 29.8 Å². The van der Waals surface area contributed by atoms with Crippen LogP contribution in [0, 0.1) is 0 Å². The Balaban J connectivity index is 1.71. The van der Waals surface area contributed by atoms with E-state index in [0.29, 0.717) is 21.6 Å². The average Bonchev–Trinajstić information content (AvgIpc) is 3.34. The van der Waals surface area contributed by atoms with Crippen LogP contribution < -0.4 is 0 Å². The van der Waals surface area contributed by atoms with Gasteiger partial charge in [-0.1, -0.05) is 77.3 Å². The number of hydrogen-bond donors (Lipinski definition) is 1. The first-order valence-corrected chi connectivity index (χ1v) is 10.5. The number of aromatic amines is 1. The van der Waals surface area contributed by atoms with Gasteiger partial charge >= 0.3 is 0 Å². The Hall–Kier alpha value is -2.72. The molecule has 0 saturated carbocycles. The summed E-state index contributed by atoms with van der Waals surface area (Å²) in [6, 6.07) is 21.6. The van der Waals surface area contributed by atoms with Crippen LogP contribution in [0.5, 0.6) is 0 Å². The molecule has 5 aromatic rings. The van der Waals surface area contributed by atoms with Crippen molar-refractivity contribution < 1.29 is 0 Å². The van der Waals surface area contributed by atoms with Crippen LogP contribution in [-0.4, -0.2) is 14.5 Å². The van der Waals surface area contributed by atoms with Gasteiger partial charge in [0.25, 0.3) is 0 Å². The molecule has 6 heteroatoms. The van der Waals surface area contributed by atoms with E-state index in [1.54, 1.807) is 6.07 Å². The number of rotatable bonds is 4. The monoisotopic (exact) mass is 451 g/mol. The maximum absolute atomic E-state index is 6.45. The molecule has 0 radical (unpaired) electrons. The summed E-state index contributed by atoms with van der Waals surface area (Å²) >= 11 is 18.7. The van der Waals surface area contributed by atoms with E-state index in [2.05, 4.69) is 21.7 Å². The summed E-state index contributed by atoms with van der Waals surface area (Å²) in [5.74, 6) is 0. The van der Waals surface area contributed by atoms with Gasteiger partial charge in [0.2, 0.25) is 0 Å². The zero-order valence-electron chi connectivity index (χ0n) is 15.7. The first kappa shape index (κ1) is 19.3. The lowest BCUT2D eigenvalue weighted by molar-refractivity contribution is 0.805. The highest BCUT2D eigenvalue weighted by atomic mass is 35.5. The van der Waals surface area contributed by atoms with Gasteiger partial charge in [0.05, 0.1) is 24.3 Å². The fraction of sp³-hybridized carbons (Fsp3) is 0.0417. The van der Waals surface area contributed by atoms with Crippen molar-refractivity contribution in [2.45, 2.75) is 6.54 Å².